The van der Waals surface area contributed by atoms with Crippen molar-refractivity contribution < 1.29 is 9.53 Å². The third kappa shape index (κ3) is 3.78. The summed E-state index contributed by atoms with van der Waals surface area (Å²) in [5, 5.41) is 3.41. The summed E-state index contributed by atoms with van der Waals surface area (Å²) < 4.78 is 4.90. The van der Waals surface area contributed by atoms with Gasteiger partial charge in [-0.05, 0) is 31.2 Å². The van der Waals surface area contributed by atoms with E-state index in [1.165, 1.54) is 7.11 Å². The Kier molecular flexibility index (Phi) is 4.93. The second-order valence-electron chi connectivity index (χ2n) is 5.15. The van der Waals surface area contributed by atoms with Crippen molar-refractivity contribution in [1.82, 2.24) is 5.32 Å². The van der Waals surface area contributed by atoms with Crippen molar-refractivity contribution >= 4 is 5.97 Å². The van der Waals surface area contributed by atoms with Crippen molar-refractivity contribution in [1.29, 1.82) is 0 Å². The summed E-state index contributed by atoms with van der Waals surface area (Å²) in [6.45, 7) is 0. The maximum absolute atomic E-state index is 11.9. The fourth-order valence-corrected chi connectivity index (χ4v) is 2.59. The highest BCUT2D eigenvalue weighted by Crippen LogP contribution is 2.22. The fourth-order valence-electron chi connectivity index (χ4n) is 2.59. The molecule has 1 aromatic carbocycles. The number of carbonyl (C=O) groups is 1. The molecule has 1 saturated carbocycles. The van der Waals surface area contributed by atoms with E-state index in [1.54, 1.807) is 0 Å². The molecular weight excluding hydrogens is 240 g/mol. The van der Waals surface area contributed by atoms with Gasteiger partial charge in [-0.2, -0.15) is 0 Å². The van der Waals surface area contributed by atoms with Crippen molar-refractivity contribution in [3.05, 3.63) is 35.9 Å². The standard InChI is InChI=1S/C15H22N2O2/c1-19-15(18)14(11-5-3-2-4-6-11)17-13-9-7-12(16)8-10-13/h2-6,12-14,17H,7-10,16H2,1H3. The minimum absolute atomic E-state index is 0.235. The molecule has 2 rings (SSSR count). The number of esters is 1. The normalized spacial score (nSPS) is 24.7. The van der Waals surface area contributed by atoms with Crippen LogP contribution in [-0.2, 0) is 9.53 Å². The first kappa shape index (κ1) is 14.0. The second kappa shape index (κ2) is 6.68. The van der Waals surface area contributed by atoms with Gasteiger partial charge in [0.25, 0.3) is 0 Å². The molecule has 1 aliphatic rings. The summed E-state index contributed by atoms with van der Waals surface area (Å²) in [7, 11) is 1.43. The van der Waals surface area contributed by atoms with Crippen LogP contribution in [0.4, 0.5) is 0 Å². The first-order valence-electron chi connectivity index (χ1n) is 6.85. The van der Waals surface area contributed by atoms with Crippen LogP contribution in [-0.4, -0.2) is 25.2 Å². The summed E-state index contributed by atoms with van der Waals surface area (Å²) in [6, 6.07) is 9.97. The van der Waals surface area contributed by atoms with Crippen LogP contribution in [0.5, 0.6) is 0 Å². The highest BCUT2D eigenvalue weighted by molar-refractivity contribution is 5.77. The largest absolute Gasteiger partial charge is 0.468 e. The van der Waals surface area contributed by atoms with Crippen molar-refractivity contribution in [3.63, 3.8) is 0 Å². The number of hydrogen-bond donors (Lipinski definition) is 2. The van der Waals surface area contributed by atoms with E-state index in [1.807, 2.05) is 30.3 Å². The zero-order valence-corrected chi connectivity index (χ0v) is 11.3. The van der Waals surface area contributed by atoms with Crippen LogP contribution in [0.1, 0.15) is 37.3 Å². The van der Waals surface area contributed by atoms with Gasteiger partial charge in [0.05, 0.1) is 7.11 Å². The highest BCUT2D eigenvalue weighted by atomic mass is 16.5. The molecule has 0 heterocycles. The third-order valence-corrected chi connectivity index (χ3v) is 3.74. The molecule has 1 unspecified atom stereocenters. The maximum Gasteiger partial charge on any atom is 0.327 e. The van der Waals surface area contributed by atoms with Crippen molar-refractivity contribution in [2.45, 2.75) is 43.8 Å². The molecule has 0 spiro atoms. The zero-order chi connectivity index (χ0) is 13.7. The third-order valence-electron chi connectivity index (χ3n) is 3.74. The number of rotatable bonds is 4. The van der Waals surface area contributed by atoms with Gasteiger partial charge in [-0.25, -0.2) is 4.79 Å². The Balaban J connectivity index is 2.05. The molecule has 1 aromatic rings. The van der Waals surface area contributed by atoms with Crippen LogP contribution in [0.2, 0.25) is 0 Å². The van der Waals surface area contributed by atoms with Crippen LogP contribution in [0.3, 0.4) is 0 Å². The molecule has 1 fully saturated rings. The lowest BCUT2D eigenvalue weighted by molar-refractivity contribution is -0.143. The quantitative estimate of drug-likeness (QED) is 0.812. The summed E-state index contributed by atoms with van der Waals surface area (Å²) in [6.07, 6.45) is 4.06. The van der Waals surface area contributed by atoms with Gasteiger partial charge >= 0.3 is 5.97 Å². The lowest BCUT2D eigenvalue weighted by Crippen LogP contribution is -2.41. The minimum Gasteiger partial charge on any atom is -0.468 e. The first-order valence-corrected chi connectivity index (χ1v) is 6.85. The Morgan fingerprint density at radius 1 is 1.26 bits per heavy atom. The fraction of sp³-hybridized carbons (Fsp3) is 0.533. The number of carbonyl (C=O) groups excluding carboxylic acids is 1. The molecule has 0 saturated heterocycles. The topological polar surface area (TPSA) is 64.3 Å². The van der Waals surface area contributed by atoms with Gasteiger partial charge in [0.15, 0.2) is 0 Å². The van der Waals surface area contributed by atoms with Gasteiger partial charge < -0.3 is 10.5 Å². The molecule has 3 N–H and O–H groups in total. The molecule has 1 atom stereocenters. The van der Waals surface area contributed by atoms with Crippen LogP contribution in [0.25, 0.3) is 0 Å². The minimum atomic E-state index is -0.384. The Morgan fingerprint density at radius 2 is 1.89 bits per heavy atom. The van der Waals surface area contributed by atoms with E-state index in [0.29, 0.717) is 12.1 Å². The van der Waals surface area contributed by atoms with E-state index in [-0.39, 0.29) is 12.0 Å². The lowest BCUT2D eigenvalue weighted by Gasteiger charge is -2.30. The number of nitrogens with two attached hydrogens (primary N) is 1. The number of hydrogen-bond acceptors (Lipinski definition) is 4. The van der Waals surface area contributed by atoms with Gasteiger partial charge in [0, 0.05) is 12.1 Å². The summed E-state index contributed by atoms with van der Waals surface area (Å²) in [5.74, 6) is -0.235. The lowest BCUT2D eigenvalue weighted by atomic mass is 9.91. The predicted molar refractivity (Wildman–Crippen MR) is 74.6 cm³/mol. The maximum atomic E-state index is 11.9. The van der Waals surface area contributed by atoms with Gasteiger partial charge in [0.2, 0.25) is 0 Å². The number of nitrogens with one attached hydrogen (secondary N) is 1. The number of ether oxygens (including phenoxy) is 1. The Bertz CT molecular complexity index is 400. The van der Waals surface area contributed by atoms with Crippen LogP contribution in [0, 0.1) is 0 Å². The molecule has 4 heteroatoms. The molecule has 0 aliphatic heterocycles. The molecule has 19 heavy (non-hydrogen) atoms. The smallest absolute Gasteiger partial charge is 0.327 e. The van der Waals surface area contributed by atoms with Crippen molar-refractivity contribution in [2.75, 3.05) is 7.11 Å². The van der Waals surface area contributed by atoms with Gasteiger partial charge in [0.1, 0.15) is 6.04 Å². The van der Waals surface area contributed by atoms with E-state index in [4.69, 9.17) is 10.5 Å². The predicted octanol–water partition coefficient (Wildman–Crippen LogP) is 1.76. The molecule has 104 valence electrons. The SMILES string of the molecule is COC(=O)C(NC1CCC(N)CC1)c1ccccc1. The van der Waals surface area contributed by atoms with E-state index in [2.05, 4.69) is 5.32 Å². The van der Waals surface area contributed by atoms with E-state index in [0.717, 1.165) is 31.2 Å². The Labute approximate surface area is 114 Å². The van der Waals surface area contributed by atoms with E-state index in [9.17, 15) is 4.79 Å². The molecule has 4 nitrogen and oxygen atoms in total. The van der Waals surface area contributed by atoms with Gasteiger partial charge in [-0.15, -0.1) is 0 Å². The molecule has 0 aromatic heterocycles. The Morgan fingerprint density at radius 3 is 2.47 bits per heavy atom. The van der Waals surface area contributed by atoms with Gasteiger partial charge in [-0.1, -0.05) is 30.3 Å². The molecule has 1 aliphatic carbocycles. The second-order valence-corrected chi connectivity index (χ2v) is 5.15. The van der Waals surface area contributed by atoms with Crippen molar-refractivity contribution in [2.24, 2.45) is 5.73 Å². The Hall–Kier alpha value is -1.39. The number of benzene rings is 1. The molecule has 0 bridgehead atoms. The van der Waals surface area contributed by atoms with E-state index < -0.39 is 0 Å². The molecule has 0 amide bonds. The summed E-state index contributed by atoms with van der Waals surface area (Å²) in [5.41, 5.74) is 6.85. The van der Waals surface area contributed by atoms with Crippen LogP contribution < -0.4 is 11.1 Å². The molecular formula is C15H22N2O2. The van der Waals surface area contributed by atoms with Gasteiger partial charge in [-0.3, -0.25) is 5.32 Å². The van der Waals surface area contributed by atoms with Crippen LogP contribution >= 0.6 is 0 Å². The van der Waals surface area contributed by atoms with E-state index >= 15 is 0 Å². The summed E-state index contributed by atoms with van der Waals surface area (Å²) >= 11 is 0. The number of methoxy groups -OCH3 is 1. The van der Waals surface area contributed by atoms with Crippen molar-refractivity contribution in [3.8, 4) is 0 Å². The van der Waals surface area contributed by atoms with Crippen LogP contribution in [0.15, 0.2) is 30.3 Å². The summed E-state index contributed by atoms with van der Waals surface area (Å²) in [4.78, 5) is 11.9. The first-order chi connectivity index (χ1) is 9.20. The molecule has 0 radical (unpaired) electrons. The monoisotopic (exact) mass is 262 g/mol. The average molecular weight is 262 g/mol. The zero-order valence-electron chi connectivity index (χ0n) is 11.3. The average Bonchev–Trinajstić information content (AvgIpc) is 2.47. The highest BCUT2D eigenvalue weighted by Gasteiger charge is 2.26.